The lowest BCUT2D eigenvalue weighted by atomic mass is 10.1. The number of pyridine rings is 1. The summed E-state index contributed by atoms with van der Waals surface area (Å²) in [7, 11) is 5.54. The molecule has 1 atom stereocenters. The van der Waals surface area contributed by atoms with Gasteiger partial charge < -0.3 is 19.4 Å². The summed E-state index contributed by atoms with van der Waals surface area (Å²) in [5, 5.41) is 0.810. The molecule has 29 heavy (non-hydrogen) atoms. The molecule has 0 radical (unpaired) electrons. The number of carbonyl (C=O) groups is 1. The number of nitrogens with one attached hydrogen (secondary N) is 1. The van der Waals surface area contributed by atoms with Gasteiger partial charge in [-0.05, 0) is 24.5 Å². The summed E-state index contributed by atoms with van der Waals surface area (Å²) in [6.07, 6.45) is 10.5. The quantitative estimate of drug-likeness (QED) is 0.629. The lowest BCUT2D eigenvalue weighted by Crippen LogP contribution is -2.40. The van der Waals surface area contributed by atoms with Crippen molar-refractivity contribution in [1.82, 2.24) is 24.4 Å². The van der Waals surface area contributed by atoms with Crippen LogP contribution in [0.5, 0.6) is 0 Å². The molecule has 3 aromatic rings. The van der Waals surface area contributed by atoms with Gasteiger partial charge in [-0.2, -0.15) is 0 Å². The van der Waals surface area contributed by atoms with Gasteiger partial charge in [0.15, 0.2) is 0 Å². The third kappa shape index (κ3) is 4.47. The highest BCUT2D eigenvalue weighted by molar-refractivity contribution is 5.88. The molecule has 0 saturated heterocycles. The second kappa shape index (κ2) is 8.89. The number of aromatic amines is 1. The molecule has 3 heterocycles. The lowest BCUT2D eigenvalue weighted by Gasteiger charge is -2.29. The zero-order valence-electron chi connectivity index (χ0n) is 17.4. The summed E-state index contributed by atoms with van der Waals surface area (Å²) < 4.78 is 1.52. The van der Waals surface area contributed by atoms with E-state index < -0.39 is 0 Å². The van der Waals surface area contributed by atoms with Crippen molar-refractivity contribution >= 4 is 22.6 Å². The van der Waals surface area contributed by atoms with Crippen molar-refractivity contribution in [2.45, 2.75) is 32.2 Å². The molecule has 0 spiro atoms. The molecule has 0 aromatic carbocycles. The van der Waals surface area contributed by atoms with Crippen LogP contribution in [0.2, 0.25) is 0 Å². The van der Waals surface area contributed by atoms with E-state index in [2.05, 4.69) is 21.9 Å². The second-order valence-electron chi connectivity index (χ2n) is 7.35. The summed E-state index contributed by atoms with van der Waals surface area (Å²) in [6.45, 7) is 2.87. The van der Waals surface area contributed by atoms with Crippen LogP contribution in [0.15, 0.2) is 41.8 Å². The van der Waals surface area contributed by atoms with Crippen LogP contribution in [-0.2, 0) is 18.3 Å². The van der Waals surface area contributed by atoms with E-state index >= 15 is 0 Å². The molecule has 1 amide bonds. The number of rotatable bonds is 8. The van der Waals surface area contributed by atoms with E-state index in [1.54, 1.807) is 38.0 Å². The van der Waals surface area contributed by atoms with Gasteiger partial charge >= 0.3 is 0 Å². The molecule has 0 aliphatic rings. The van der Waals surface area contributed by atoms with E-state index in [4.69, 9.17) is 0 Å². The number of nitrogens with zero attached hydrogens (tertiary/aromatic N) is 5. The maximum absolute atomic E-state index is 13.0. The minimum atomic E-state index is -0.0898. The molecular formula is C21H28N6O2. The molecule has 1 N–H and O–H groups in total. The van der Waals surface area contributed by atoms with Crippen LogP contribution in [0.4, 0.5) is 5.82 Å². The Morgan fingerprint density at radius 1 is 1.31 bits per heavy atom. The van der Waals surface area contributed by atoms with Crippen LogP contribution in [0.3, 0.4) is 0 Å². The summed E-state index contributed by atoms with van der Waals surface area (Å²) in [6, 6.07) is 1.97. The molecule has 0 fully saturated rings. The number of fused-ring (bicyclic) bond motifs is 1. The number of H-pyrrole nitrogens is 1. The maximum Gasteiger partial charge on any atom is 0.274 e. The summed E-state index contributed by atoms with van der Waals surface area (Å²) in [5.74, 6) is 0.858. The van der Waals surface area contributed by atoms with Crippen molar-refractivity contribution in [1.29, 1.82) is 0 Å². The fourth-order valence-corrected chi connectivity index (χ4v) is 3.60. The zero-order valence-corrected chi connectivity index (χ0v) is 17.4. The second-order valence-corrected chi connectivity index (χ2v) is 7.35. The van der Waals surface area contributed by atoms with Crippen molar-refractivity contribution in [2.75, 3.05) is 25.5 Å². The SMILES string of the molecule is CCC(CCN(C)c1cnccn1)N(C)C(=O)Cc1cn(C)c(=O)c2[nH]ccc12. The van der Waals surface area contributed by atoms with Crippen LogP contribution in [0.1, 0.15) is 25.3 Å². The van der Waals surface area contributed by atoms with E-state index in [1.807, 2.05) is 30.0 Å². The Morgan fingerprint density at radius 3 is 2.79 bits per heavy atom. The number of likely N-dealkylation sites (N-methyl/N-ethyl adjacent to an activating group) is 1. The number of amides is 1. The van der Waals surface area contributed by atoms with E-state index in [1.165, 1.54) is 4.57 Å². The number of aryl methyl sites for hydroxylation is 1. The Labute approximate surface area is 170 Å². The third-order valence-electron chi connectivity index (χ3n) is 5.47. The van der Waals surface area contributed by atoms with Gasteiger partial charge in [-0.25, -0.2) is 4.98 Å². The van der Waals surface area contributed by atoms with Gasteiger partial charge in [0.25, 0.3) is 5.56 Å². The van der Waals surface area contributed by atoms with Crippen molar-refractivity contribution in [3.05, 3.63) is 53.0 Å². The standard InChI is InChI=1S/C21H28N6O2/c1-5-16(7-11-25(2)18-13-22-9-10-23-18)27(4)19(28)12-15-14-26(3)21(29)20-17(15)6-8-24-20/h6,8-10,13-14,16,24H,5,7,11-12H2,1-4H3. The highest BCUT2D eigenvalue weighted by Crippen LogP contribution is 2.17. The molecule has 8 nitrogen and oxygen atoms in total. The monoisotopic (exact) mass is 396 g/mol. The molecule has 3 rings (SSSR count). The highest BCUT2D eigenvalue weighted by atomic mass is 16.2. The fraction of sp³-hybridized carbons (Fsp3) is 0.429. The normalized spacial score (nSPS) is 12.1. The Hall–Kier alpha value is -3.16. The minimum Gasteiger partial charge on any atom is -0.358 e. The Morgan fingerprint density at radius 2 is 2.10 bits per heavy atom. The Balaban J connectivity index is 1.68. The van der Waals surface area contributed by atoms with Crippen molar-refractivity contribution in [2.24, 2.45) is 7.05 Å². The summed E-state index contributed by atoms with van der Waals surface area (Å²) in [4.78, 5) is 40.4. The predicted octanol–water partition coefficient (Wildman–Crippen LogP) is 1.96. The molecule has 1 unspecified atom stereocenters. The smallest absolute Gasteiger partial charge is 0.274 e. The largest absolute Gasteiger partial charge is 0.358 e. The first-order valence-electron chi connectivity index (χ1n) is 9.80. The van der Waals surface area contributed by atoms with Crippen LogP contribution >= 0.6 is 0 Å². The fourth-order valence-electron chi connectivity index (χ4n) is 3.60. The van der Waals surface area contributed by atoms with E-state index in [0.29, 0.717) is 5.52 Å². The maximum atomic E-state index is 13.0. The molecule has 0 saturated carbocycles. The minimum absolute atomic E-state index is 0.0418. The van der Waals surface area contributed by atoms with Crippen molar-refractivity contribution in [3.8, 4) is 0 Å². The zero-order chi connectivity index (χ0) is 21.0. The van der Waals surface area contributed by atoms with Crippen LogP contribution in [0, 0.1) is 0 Å². The van der Waals surface area contributed by atoms with Gasteiger partial charge in [-0.3, -0.25) is 14.6 Å². The number of hydrogen-bond donors (Lipinski definition) is 1. The Bertz CT molecular complexity index is 1030. The molecule has 3 aromatic heterocycles. The predicted molar refractivity (Wildman–Crippen MR) is 114 cm³/mol. The highest BCUT2D eigenvalue weighted by Gasteiger charge is 2.21. The first-order valence-corrected chi connectivity index (χ1v) is 9.80. The van der Waals surface area contributed by atoms with Crippen molar-refractivity contribution in [3.63, 3.8) is 0 Å². The van der Waals surface area contributed by atoms with Crippen LogP contribution in [-0.4, -0.2) is 57.0 Å². The third-order valence-corrected chi connectivity index (χ3v) is 5.47. The molecule has 154 valence electrons. The molecule has 0 aliphatic heterocycles. The topological polar surface area (TPSA) is 87.1 Å². The van der Waals surface area contributed by atoms with Gasteiger partial charge in [0.1, 0.15) is 11.3 Å². The van der Waals surface area contributed by atoms with Crippen LogP contribution in [0.25, 0.3) is 10.9 Å². The van der Waals surface area contributed by atoms with Crippen molar-refractivity contribution < 1.29 is 4.79 Å². The van der Waals surface area contributed by atoms with Gasteiger partial charge in [-0.1, -0.05) is 6.92 Å². The number of anilines is 1. The summed E-state index contributed by atoms with van der Waals surface area (Å²) in [5.41, 5.74) is 1.30. The average molecular weight is 396 g/mol. The van der Waals surface area contributed by atoms with Gasteiger partial charge in [0.05, 0.1) is 12.6 Å². The molecular weight excluding hydrogens is 368 g/mol. The number of aromatic nitrogens is 4. The first-order chi connectivity index (χ1) is 13.9. The molecule has 0 bridgehead atoms. The number of hydrogen-bond acceptors (Lipinski definition) is 5. The number of carbonyl (C=O) groups excluding carboxylic acids is 1. The first kappa shape index (κ1) is 20.6. The average Bonchev–Trinajstić information content (AvgIpc) is 3.23. The Kier molecular flexibility index (Phi) is 6.31. The van der Waals surface area contributed by atoms with Gasteiger partial charge in [0, 0.05) is 63.9 Å². The van der Waals surface area contributed by atoms with Crippen LogP contribution < -0.4 is 10.5 Å². The molecule has 0 aliphatic carbocycles. The summed E-state index contributed by atoms with van der Waals surface area (Å²) >= 11 is 0. The van der Waals surface area contributed by atoms with E-state index in [0.717, 1.165) is 36.2 Å². The lowest BCUT2D eigenvalue weighted by molar-refractivity contribution is -0.131. The van der Waals surface area contributed by atoms with Gasteiger partial charge in [-0.15, -0.1) is 0 Å². The van der Waals surface area contributed by atoms with E-state index in [9.17, 15) is 9.59 Å². The molecule has 8 heteroatoms. The van der Waals surface area contributed by atoms with Gasteiger partial charge in [0.2, 0.25) is 5.91 Å². The van der Waals surface area contributed by atoms with E-state index in [-0.39, 0.29) is 23.9 Å².